The van der Waals surface area contributed by atoms with E-state index < -0.39 is 0 Å². The molecule has 0 aromatic rings. The lowest BCUT2D eigenvalue weighted by Gasteiger charge is -2.32. The molecular weight excluding hydrogens is 234 g/mol. The third kappa shape index (κ3) is 4.17. The van der Waals surface area contributed by atoms with E-state index in [4.69, 9.17) is 22.7 Å². The second-order valence-corrected chi connectivity index (χ2v) is 5.49. The number of nitrogens with zero attached hydrogens (tertiary/aromatic N) is 2. The molecule has 2 saturated heterocycles. The molecule has 0 amide bonds. The lowest BCUT2D eigenvalue weighted by atomic mass is 10.2. The molecule has 2 rings (SSSR count). The SMILES string of the molecule is NC(=S)CCCN1CCC(N2CCOCC2)C1. The van der Waals surface area contributed by atoms with Crippen LogP contribution in [0.5, 0.6) is 0 Å². The van der Waals surface area contributed by atoms with Gasteiger partial charge in [-0.1, -0.05) is 12.2 Å². The van der Waals surface area contributed by atoms with Crippen LogP contribution in [0.15, 0.2) is 0 Å². The van der Waals surface area contributed by atoms with Crippen molar-refractivity contribution in [3.05, 3.63) is 0 Å². The Morgan fingerprint density at radius 3 is 2.76 bits per heavy atom. The molecule has 2 N–H and O–H groups in total. The van der Waals surface area contributed by atoms with Crippen molar-refractivity contribution in [3.63, 3.8) is 0 Å². The summed E-state index contributed by atoms with van der Waals surface area (Å²) in [5.74, 6) is 0. The normalized spacial score (nSPS) is 27.4. The lowest BCUT2D eigenvalue weighted by Crippen LogP contribution is -2.44. The van der Waals surface area contributed by atoms with E-state index in [1.165, 1.54) is 19.5 Å². The summed E-state index contributed by atoms with van der Waals surface area (Å²) < 4.78 is 5.39. The van der Waals surface area contributed by atoms with Crippen molar-refractivity contribution in [2.45, 2.75) is 25.3 Å². The Labute approximate surface area is 109 Å². The molecule has 2 aliphatic heterocycles. The van der Waals surface area contributed by atoms with Crippen LogP contribution in [0.3, 0.4) is 0 Å². The number of hydrogen-bond donors (Lipinski definition) is 1. The zero-order valence-electron chi connectivity index (χ0n) is 10.4. The van der Waals surface area contributed by atoms with Crippen molar-refractivity contribution in [3.8, 4) is 0 Å². The molecule has 0 saturated carbocycles. The minimum absolute atomic E-state index is 0.647. The number of morpholine rings is 1. The molecule has 1 atom stereocenters. The monoisotopic (exact) mass is 257 g/mol. The molecule has 0 aromatic heterocycles. The molecule has 2 aliphatic rings. The van der Waals surface area contributed by atoms with Gasteiger partial charge in [-0.05, 0) is 32.4 Å². The Morgan fingerprint density at radius 2 is 2.06 bits per heavy atom. The van der Waals surface area contributed by atoms with Gasteiger partial charge in [-0.2, -0.15) is 0 Å². The van der Waals surface area contributed by atoms with Crippen molar-refractivity contribution in [1.29, 1.82) is 0 Å². The van der Waals surface area contributed by atoms with E-state index in [1.54, 1.807) is 0 Å². The second-order valence-electron chi connectivity index (χ2n) is 4.96. The molecule has 98 valence electrons. The van der Waals surface area contributed by atoms with E-state index in [-0.39, 0.29) is 0 Å². The second kappa shape index (κ2) is 6.64. The summed E-state index contributed by atoms with van der Waals surface area (Å²) >= 11 is 4.90. The highest BCUT2D eigenvalue weighted by Crippen LogP contribution is 2.17. The fourth-order valence-corrected chi connectivity index (χ4v) is 2.88. The first-order valence-electron chi connectivity index (χ1n) is 6.58. The van der Waals surface area contributed by atoms with E-state index in [0.717, 1.165) is 51.7 Å². The zero-order chi connectivity index (χ0) is 12.1. The van der Waals surface area contributed by atoms with E-state index in [1.807, 2.05) is 0 Å². The topological polar surface area (TPSA) is 41.7 Å². The highest BCUT2D eigenvalue weighted by Gasteiger charge is 2.28. The Morgan fingerprint density at radius 1 is 1.29 bits per heavy atom. The number of ether oxygens (including phenoxy) is 1. The van der Waals surface area contributed by atoms with Crippen molar-refractivity contribution in [2.24, 2.45) is 5.73 Å². The van der Waals surface area contributed by atoms with Crippen molar-refractivity contribution in [2.75, 3.05) is 45.9 Å². The fraction of sp³-hybridized carbons (Fsp3) is 0.917. The van der Waals surface area contributed by atoms with Gasteiger partial charge in [-0.25, -0.2) is 0 Å². The molecule has 0 aliphatic carbocycles. The predicted molar refractivity (Wildman–Crippen MR) is 73.3 cm³/mol. The number of hydrogen-bond acceptors (Lipinski definition) is 4. The molecule has 1 unspecified atom stereocenters. The lowest BCUT2D eigenvalue weighted by molar-refractivity contribution is 0.0185. The molecule has 2 fully saturated rings. The van der Waals surface area contributed by atoms with Crippen LogP contribution in [0.2, 0.25) is 0 Å². The van der Waals surface area contributed by atoms with Gasteiger partial charge in [0.2, 0.25) is 0 Å². The molecule has 4 nitrogen and oxygen atoms in total. The van der Waals surface area contributed by atoms with Gasteiger partial charge in [0.05, 0.1) is 18.2 Å². The molecule has 2 heterocycles. The molecular formula is C12H23N3OS. The largest absolute Gasteiger partial charge is 0.393 e. The van der Waals surface area contributed by atoms with Crippen LogP contribution >= 0.6 is 12.2 Å². The van der Waals surface area contributed by atoms with Crippen LogP contribution in [0.25, 0.3) is 0 Å². The van der Waals surface area contributed by atoms with Gasteiger partial charge < -0.3 is 15.4 Å². The summed E-state index contributed by atoms with van der Waals surface area (Å²) in [6.07, 6.45) is 3.28. The van der Waals surface area contributed by atoms with E-state index in [0.29, 0.717) is 4.99 Å². The highest BCUT2D eigenvalue weighted by atomic mass is 32.1. The van der Waals surface area contributed by atoms with Crippen LogP contribution in [0.4, 0.5) is 0 Å². The average Bonchev–Trinajstić information content (AvgIpc) is 2.78. The minimum atomic E-state index is 0.647. The zero-order valence-corrected chi connectivity index (χ0v) is 11.3. The summed E-state index contributed by atoms with van der Waals surface area (Å²) in [6, 6.07) is 0.740. The smallest absolute Gasteiger partial charge is 0.0727 e. The maximum absolute atomic E-state index is 5.51. The maximum Gasteiger partial charge on any atom is 0.0727 e. The van der Waals surface area contributed by atoms with Crippen molar-refractivity contribution >= 4 is 17.2 Å². The first kappa shape index (κ1) is 13.2. The van der Waals surface area contributed by atoms with E-state index >= 15 is 0 Å². The molecule has 0 aromatic carbocycles. The first-order chi connectivity index (χ1) is 8.25. The van der Waals surface area contributed by atoms with Crippen LogP contribution in [-0.2, 0) is 4.74 Å². The molecule has 17 heavy (non-hydrogen) atoms. The van der Waals surface area contributed by atoms with Gasteiger partial charge >= 0.3 is 0 Å². The summed E-state index contributed by atoms with van der Waals surface area (Å²) in [5, 5.41) is 0. The van der Waals surface area contributed by atoms with Gasteiger partial charge in [-0.3, -0.25) is 4.90 Å². The Balaban J connectivity index is 1.66. The number of nitrogens with two attached hydrogens (primary N) is 1. The van der Waals surface area contributed by atoms with Gasteiger partial charge in [0.25, 0.3) is 0 Å². The maximum atomic E-state index is 5.51. The third-order valence-electron chi connectivity index (χ3n) is 3.71. The number of likely N-dealkylation sites (tertiary alicyclic amines) is 1. The highest BCUT2D eigenvalue weighted by molar-refractivity contribution is 7.80. The summed E-state index contributed by atoms with van der Waals surface area (Å²) in [6.45, 7) is 7.57. The van der Waals surface area contributed by atoms with Crippen LogP contribution in [0.1, 0.15) is 19.3 Å². The first-order valence-corrected chi connectivity index (χ1v) is 6.99. The van der Waals surface area contributed by atoms with Crippen LogP contribution in [0, 0.1) is 0 Å². The van der Waals surface area contributed by atoms with E-state index in [2.05, 4.69) is 9.80 Å². The fourth-order valence-electron chi connectivity index (χ4n) is 2.73. The standard InChI is InChI=1S/C12H23N3OS/c13-12(17)2-1-4-14-5-3-11(10-14)15-6-8-16-9-7-15/h11H,1-10H2,(H2,13,17). The van der Waals surface area contributed by atoms with Gasteiger partial charge in [-0.15, -0.1) is 0 Å². The quantitative estimate of drug-likeness (QED) is 0.725. The Bertz CT molecular complexity index is 256. The number of thiocarbonyl (C=S) groups is 1. The van der Waals surface area contributed by atoms with Gasteiger partial charge in [0, 0.05) is 25.7 Å². The van der Waals surface area contributed by atoms with Crippen LogP contribution < -0.4 is 5.73 Å². The minimum Gasteiger partial charge on any atom is -0.393 e. The average molecular weight is 257 g/mol. The molecule has 5 heteroatoms. The molecule has 0 bridgehead atoms. The third-order valence-corrected chi connectivity index (χ3v) is 3.91. The van der Waals surface area contributed by atoms with Gasteiger partial charge in [0.1, 0.15) is 0 Å². The van der Waals surface area contributed by atoms with E-state index in [9.17, 15) is 0 Å². The summed E-state index contributed by atoms with van der Waals surface area (Å²) in [5.41, 5.74) is 5.51. The summed E-state index contributed by atoms with van der Waals surface area (Å²) in [4.78, 5) is 5.77. The number of rotatable bonds is 5. The van der Waals surface area contributed by atoms with Gasteiger partial charge in [0.15, 0.2) is 0 Å². The molecule has 0 radical (unpaired) electrons. The Hall–Kier alpha value is -0.230. The van der Waals surface area contributed by atoms with Crippen molar-refractivity contribution in [1.82, 2.24) is 9.80 Å². The summed E-state index contributed by atoms with van der Waals surface area (Å²) in [7, 11) is 0. The Kier molecular flexibility index (Phi) is 5.16. The predicted octanol–water partition coefficient (Wildman–Crippen LogP) is 0.459. The van der Waals surface area contributed by atoms with Crippen molar-refractivity contribution < 1.29 is 4.74 Å². The van der Waals surface area contributed by atoms with Crippen LogP contribution in [-0.4, -0.2) is 66.8 Å². The molecule has 0 spiro atoms.